The molecule has 7 heteroatoms. The van der Waals surface area contributed by atoms with Crippen LogP contribution in [0.1, 0.15) is 18.5 Å². The zero-order valence-electron chi connectivity index (χ0n) is 10.7. The molecule has 0 amide bonds. The van der Waals surface area contributed by atoms with Gasteiger partial charge in [0.1, 0.15) is 0 Å². The number of nitrogens with zero attached hydrogens (tertiary/aromatic N) is 1. The number of benzene rings is 1. The lowest BCUT2D eigenvalue weighted by Gasteiger charge is -2.16. The fraction of sp³-hybridized carbons (Fsp3) is 0.250. The Morgan fingerprint density at radius 3 is 2.74 bits per heavy atom. The number of aromatic nitrogens is 2. The third kappa shape index (κ3) is 2.87. The summed E-state index contributed by atoms with van der Waals surface area (Å²) in [6.07, 6.45) is 4.62. The van der Waals surface area contributed by atoms with Crippen LogP contribution in [0, 0.1) is 0 Å². The van der Waals surface area contributed by atoms with Crippen LogP contribution >= 0.6 is 0 Å². The highest BCUT2D eigenvalue weighted by Crippen LogP contribution is 2.29. The average molecular weight is 280 g/mol. The number of aromatic amines is 1. The van der Waals surface area contributed by atoms with Gasteiger partial charge in [0.15, 0.2) is 9.84 Å². The smallest absolute Gasteiger partial charge is 0.177 e. The topological polar surface area (TPSA) is 101 Å². The zero-order valence-corrected chi connectivity index (χ0v) is 11.5. The normalized spacial score (nSPS) is 13.2. The fourth-order valence-electron chi connectivity index (χ4n) is 1.81. The van der Waals surface area contributed by atoms with Gasteiger partial charge in [-0.3, -0.25) is 5.10 Å². The van der Waals surface area contributed by atoms with Crippen molar-refractivity contribution in [1.82, 2.24) is 10.2 Å². The average Bonchev–Trinajstić information content (AvgIpc) is 2.83. The van der Waals surface area contributed by atoms with E-state index in [1.54, 1.807) is 24.5 Å². The van der Waals surface area contributed by atoms with Gasteiger partial charge in [0.25, 0.3) is 0 Å². The first-order valence-corrected chi connectivity index (χ1v) is 7.62. The van der Waals surface area contributed by atoms with E-state index in [0.717, 1.165) is 11.8 Å². The van der Waals surface area contributed by atoms with Crippen LogP contribution < -0.4 is 11.1 Å². The van der Waals surface area contributed by atoms with Crippen LogP contribution in [0.3, 0.4) is 0 Å². The lowest BCUT2D eigenvalue weighted by Crippen LogP contribution is -2.10. The minimum absolute atomic E-state index is 0.0316. The molecule has 0 spiro atoms. The highest BCUT2D eigenvalue weighted by molar-refractivity contribution is 7.90. The molecule has 1 atom stereocenters. The number of anilines is 2. The molecule has 1 heterocycles. The molecule has 102 valence electrons. The van der Waals surface area contributed by atoms with E-state index in [9.17, 15) is 8.42 Å². The summed E-state index contributed by atoms with van der Waals surface area (Å²) in [5.74, 6) is 0. The van der Waals surface area contributed by atoms with Crippen LogP contribution in [0.4, 0.5) is 11.4 Å². The predicted octanol–water partition coefficient (Wildman–Crippen LogP) is 1.57. The zero-order chi connectivity index (χ0) is 14.0. The third-order valence-electron chi connectivity index (χ3n) is 2.86. The van der Waals surface area contributed by atoms with Crippen molar-refractivity contribution in [2.45, 2.75) is 17.9 Å². The number of sulfone groups is 1. The monoisotopic (exact) mass is 280 g/mol. The van der Waals surface area contributed by atoms with Crippen LogP contribution in [0.5, 0.6) is 0 Å². The van der Waals surface area contributed by atoms with Gasteiger partial charge in [-0.25, -0.2) is 8.42 Å². The summed E-state index contributed by atoms with van der Waals surface area (Å²) in [6, 6.07) is 4.88. The first-order valence-electron chi connectivity index (χ1n) is 5.73. The van der Waals surface area contributed by atoms with Crippen molar-refractivity contribution in [2.24, 2.45) is 0 Å². The van der Waals surface area contributed by atoms with E-state index in [-0.39, 0.29) is 16.6 Å². The van der Waals surface area contributed by atoms with Gasteiger partial charge in [-0.1, -0.05) is 6.07 Å². The predicted molar refractivity (Wildman–Crippen MR) is 74.6 cm³/mol. The number of H-pyrrole nitrogens is 1. The number of hydrogen-bond acceptors (Lipinski definition) is 5. The number of nitrogens with one attached hydrogen (secondary N) is 2. The van der Waals surface area contributed by atoms with E-state index in [1.807, 2.05) is 6.92 Å². The third-order valence-corrected chi connectivity index (χ3v) is 4.01. The minimum Gasteiger partial charge on any atom is -0.396 e. The van der Waals surface area contributed by atoms with Gasteiger partial charge in [0.05, 0.1) is 28.5 Å². The summed E-state index contributed by atoms with van der Waals surface area (Å²) in [5, 5.41) is 9.78. The second kappa shape index (κ2) is 4.93. The Labute approximate surface area is 111 Å². The molecule has 1 unspecified atom stereocenters. The van der Waals surface area contributed by atoms with E-state index < -0.39 is 9.84 Å². The van der Waals surface area contributed by atoms with E-state index in [1.165, 1.54) is 6.07 Å². The Morgan fingerprint density at radius 1 is 1.42 bits per heavy atom. The van der Waals surface area contributed by atoms with E-state index in [2.05, 4.69) is 15.5 Å². The molecule has 0 saturated heterocycles. The van der Waals surface area contributed by atoms with Crippen molar-refractivity contribution in [2.75, 3.05) is 17.3 Å². The molecule has 1 aromatic heterocycles. The number of nitrogens with two attached hydrogens (primary N) is 1. The molecule has 19 heavy (non-hydrogen) atoms. The van der Waals surface area contributed by atoms with Crippen LogP contribution in [0.25, 0.3) is 0 Å². The molecule has 0 saturated carbocycles. The number of para-hydroxylation sites is 1. The lowest BCUT2D eigenvalue weighted by molar-refractivity contribution is 0.602. The molecule has 4 N–H and O–H groups in total. The van der Waals surface area contributed by atoms with Crippen LogP contribution in [-0.4, -0.2) is 24.9 Å². The molecule has 6 nitrogen and oxygen atoms in total. The van der Waals surface area contributed by atoms with Crippen molar-refractivity contribution in [3.63, 3.8) is 0 Å². The maximum atomic E-state index is 11.6. The number of nitrogen functional groups attached to an aromatic ring is 1. The van der Waals surface area contributed by atoms with Crippen molar-refractivity contribution in [1.29, 1.82) is 0 Å². The first-order chi connectivity index (χ1) is 8.89. The molecule has 0 radical (unpaired) electrons. The molecular formula is C12H16N4O2S. The van der Waals surface area contributed by atoms with Crippen molar-refractivity contribution >= 4 is 21.2 Å². The van der Waals surface area contributed by atoms with Crippen LogP contribution in [-0.2, 0) is 9.84 Å². The molecule has 2 rings (SSSR count). The van der Waals surface area contributed by atoms with E-state index in [0.29, 0.717) is 5.69 Å². The minimum atomic E-state index is -3.33. The van der Waals surface area contributed by atoms with Gasteiger partial charge in [0, 0.05) is 18.0 Å². The first kappa shape index (κ1) is 13.4. The molecule has 0 aliphatic carbocycles. The molecule has 2 aromatic rings. The van der Waals surface area contributed by atoms with Crippen LogP contribution in [0.15, 0.2) is 35.5 Å². The second-order valence-corrected chi connectivity index (χ2v) is 6.37. The molecular weight excluding hydrogens is 264 g/mol. The van der Waals surface area contributed by atoms with Gasteiger partial charge in [-0.05, 0) is 19.1 Å². The highest BCUT2D eigenvalue weighted by atomic mass is 32.2. The second-order valence-electron chi connectivity index (χ2n) is 4.39. The van der Waals surface area contributed by atoms with Gasteiger partial charge < -0.3 is 11.1 Å². The van der Waals surface area contributed by atoms with E-state index >= 15 is 0 Å². The molecule has 0 bridgehead atoms. The Balaban J connectivity index is 2.32. The summed E-state index contributed by atoms with van der Waals surface area (Å²) in [7, 11) is -3.33. The number of rotatable bonds is 4. The van der Waals surface area contributed by atoms with Gasteiger partial charge in [0.2, 0.25) is 0 Å². The van der Waals surface area contributed by atoms with Gasteiger partial charge in [-0.2, -0.15) is 5.10 Å². The largest absolute Gasteiger partial charge is 0.396 e. The fourth-order valence-corrected chi connectivity index (χ4v) is 2.64. The SMILES string of the molecule is CC(Nc1cccc(S(C)(=O)=O)c1N)c1cn[nH]c1. The van der Waals surface area contributed by atoms with Gasteiger partial charge >= 0.3 is 0 Å². The Morgan fingerprint density at radius 2 is 2.16 bits per heavy atom. The van der Waals surface area contributed by atoms with Crippen molar-refractivity contribution < 1.29 is 8.42 Å². The molecule has 0 aliphatic heterocycles. The summed E-state index contributed by atoms with van der Waals surface area (Å²) in [5.41, 5.74) is 7.70. The molecule has 1 aromatic carbocycles. The standard InChI is InChI=1S/C12H16N4O2S/c1-8(9-6-14-15-7-9)16-10-4-3-5-11(12(10)13)19(2,17)18/h3-8,16H,13H2,1-2H3,(H,14,15). The summed E-state index contributed by atoms with van der Waals surface area (Å²) in [4.78, 5) is 0.136. The summed E-state index contributed by atoms with van der Waals surface area (Å²) < 4.78 is 23.2. The maximum absolute atomic E-state index is 11.6. The summed E-state index contributed by atoms with van der Waals surface area (Å²) >= 11 is 0. The number of hydrogen-bond donors (Lipinski definition) is 3. The van der Waals surface area contributed by atoms with Gasteiger partial charge in [-0.15, -0.1) is 0 Å². The van der Waals surface area contributed by atoms with Crippen LogP contribution in [0.2, 0.25) is 0 Å². The molecule has 0 fully saturated rings. The van der Waals surface area contributed by atoms with Crippen molar-refractivity contribution in [3.8, 4) is 0 Å². The Hall–Kier alpha value is -2.02. The Bertz CT molecular complexity index is 665. The maximum Gasteiger partial charge on any atom is 0.177 e. The van der Waals surface area contributed by atoms with E-state index in [4.69, 9.17) is 5.73 Å². The highest BCUT2D eigenvalue weighted by Gasteiger charge is 2.15. The molecule has 0 aliphatic rings. The summed E-state index contributed by atoms with van der Waals surface area (Å²) in [6.45, 7) is 1.94. The lowest BCUT2D eigenvalue weighted by atomic mass is 10.1. The quantitative estimate of drug-likeness (QED) is 0.738. The van der Waals surface area contributed by atoms with Crippen molar-refractivity contribution in [3.05, 3.63) is 36.2 Å². The Kier molecular flexibility index (Phi) is 3.48.